The van der Waals surface area contributed by atoms with E-state index in [9.17, 15) is 20.4 Å². The highest BCUT2D eigenvalue weighted by Gasteiger charge is 2.33. The van der Waals surface area contributed by atoms with Crippen molar-refractivity contribution in [3.63, 3.8) is 0 Å². The van der Waals surface area contributed by atoms with Crippen molar-refractivity contribution in [2.24, 2.45) is 0 Å². The van der Waals surface area contributed by atoms with Crippen LogP contribution in [0.2, 0.25) is 0 Å². The summed E-state index contributed by atoms with van der Waals surface area (Å²) in [7, 11) is 0. The van der Waals surface area contributed by atoms with E-state index in [4.69, 9.17) is 10.2 Å². The molecule has 0 aromatic heterocycles. The van der Waals surface area contributed by atoms with Crippen LogP contribution in [-0.4, -0.2) is 67.8 Å². The first-order chi connectivity index (χ1) is 6.95. The quantitative estimate of drug-likeness (QED) is 0.262. The van der Waals surface area contributed by atoms with Crippen molar-refractivity contribution in [3.8, 4) is 0 Å². The summed E-state index contributed by atoms with van der Waals surface area (Å²) in [6.07, 6.45) is -6.52. The fraction of sp³-hybridized carbons (Fsp3) is 0.778. The minimum Gasteiger partial charge on any atom is -0.394 e. The van der Waals surface area contributed by atoms with Crippen LogP contribution < -0.4 is 0 Å². The second-order valence-electron chi connectivity index (χ2n) is 3.31. The Morgan fingerprint density at radius 2 is 1.33 bits per heavy atom. The first-order valence-corrected chi connectivity index (χ1v) is 4.57. The minimum absolute atomic E-state index is 0.0418. The summed E-state index contributed by atoms with van der Waals surface area (Å²) in [6, 6.07) is 0. The van der Waals surface area contributed by atoms with Gasteiger partial charge in [-0.1, -0.05) is 6.08 Å². The lowest BCUT2D eigenvalue weighted by atomic mass is 9.98. The molecule has 0 heterocycles. The van der Waals surface area contributed by atoms with E-state index in [0.29, 0.717) is 0 Å². The molecule has 0 aromatic rings. The molecule has 0 saturated carbocycles. The number of rotatable bonds is 7. The first-order valence-electron chi connectivity index (χ1n) is 4.57. The number of hydrogen-bond donors (Lipinski definition) is 6. The summed E-state index contributed by atoms with van der Waals surface area (Å²) in [5, 5.41) is 54.6. The normalized spacial score (nSPS) is 21.5. The molecular weight excluding hydrogens is 204 g/mol. The van der Waals surface area contributed by atoms with Crippen molar-refractivity contribution in [1.82, 2.24) is 0 Å². The van der Waals surface area contributed by atoms with Crippen molar-refractivity contribution in [1.29, 1.82) is 0 Å². The topological polar surface area (TPSA) is 121 Å². The van der Waals surface area contributed by atoms with E-state index in [1.165, 1.54) is 6.08 Å². The van der Waals surface area contributed by atoms with Crippen LogP contribution in [0.3, 0.4) is 0 Å². The van der Waals surface area contributed by atoms with Gasteiger partial charge in [0, 0.05) is 0 Å². The van der Waals surface area contributed by atoms with Crippen molar-refractivity contribution >= 4 is 0 Å². The highest BCUT2D eigenvalue weighted by Crippen LogP contribution is 2.10. The van der Waals surface area contributed by atoms with Crippen LogP contribution in [0.15, 0.2) is 12.7 Å². The van der Waals surface area contributed by atoms with E-state index in [0.717, 1.165) is 0 Å². The maximum Gasteiger partial charge on any atom is 0.111 e. The van der Waals surface area contributed by atoms with Crippen molar-refractivity contribution < 1.29 is 30.6 Å². The molecule has 0 aromatic carbocycles. The monoisotopic (exact) mass is 222 g/mol. The van der Waals surface area contributed by atoms with Gasteiger partial charge in [0.1, 0.15) is 24.4 Å². The lowest BCUT2D eigenvalue weighted by molar-refractivity contribution is -0.139. The molecule has 6 N–H and O–H groups in total. The van der Waals surface area contributed by atoms with Crippen molar-refractivity contribution in [2.45, 2.75) is 36.9 Å². The molecule has 15 heavy (non-hydrogen) atoms. The highest BCUT2D eigenvalue weighted by molar-refractivity contribution is 4.87. The molecule has 0 saturated heterocycles. The predicted molar refractivity (Wildman–Crippen MR) is 51.9 cm³/mol. The zero-order chi connectivity index (χ0) is 12.0. The summed E-state index contributed by atoms with van der Waals surface area (Å²) < 4.78 is 0. The SMILES string of the molecule is C=CC[C@@H](O)[C@H](O)[C@@H](O)[C@H](O)[C@H](O)CO. The van der Waals surface area contributed by atoms with Crippen LogP contribution in [-0.2, 0) is 0 Å². The summed E-state index contributed by atoms with van der Waals surface area (Å²) in [5.74, 6) is 0. The van der Waals surface area contributed by atoms with Gasteiger partial charge in [0.05, 0.1) is 12.7 Å². The zero-order valence-electron chi connectivity index (χ0n) is 8.27. The molecule has 0 aliphatic heterocycles. The average Bonchev–Trinajstić information content (AvgIpc) is 2.25. The molecule has 5 atom stereocenters. The van der Waals surface area contributed by atoms with Crippen LogP contribution in [0, 0.1) is 0 Å². The van der Waals surface area contributed by atoms with Gasteiger partial charge in [-0.15, -0.1) is 6.58 Å². The number of aliphatic hydroxyl groups is 6. The standard InChI is InChI=1S/C9H18O6/c1-2-3-5(11)7(13)9(15)8(14)6(12)4-10/h2,5-15H,1,3-4H2/t5-,6-,7+,8-,9-/m1/s1. The van der Waals surface area contributed by atoms with Crippen LogP contribution >= 0.6 is 0 Å². The van der Waals surface area contributed by atoms with Gasteiger partial charge in [-0.05, 0) is 6.42 Å². The Bertz CT molecular complexity index is 185. The van der Waals surface area contributed by atoms with Gasteiger partial charge in [-0.2, -0.15) is 0 Å². The third-order valence-electron chi connectivity index (χ3n) is 2.08. The summed E-state index contributed by atoms with van der Waals surface area (Å²) in [4.78, 5) is 0. The molecule has 0 unspecified atom stereocenters. The molecule has 0 rings (SSSR count). The van der Waals surface area contributed by atoms with E-state index < -0.39 is 37.1 Å². The third kappa shape index (κ3) is 4.25. The molecule has 0 aliphatic carbocycles. The second kappa shape index (κ2) is 6.89. The Kier molecular flexibility index (Phi) is 6.66. The minimum atomic E-state index is -1.73. The van der Waals surface area contributed by atoms with Gasteiger partial charge in [0.25, 0.3) is 0 Å². The Morgan fingerprint density at radius 1 is 0.867 bits per heavy atom. The number of hydrogen-bond acceptors (Lipinski definition) is 6. The maximum absolute atomic E-state index is 9.33. The maximum atomic E-state index is 9.33. The zero-order valence-corrected chi connectivity index (χ0v) is 8.27. The fourth-order valence-corrected chi connectivity index (χ4v) is 1.08. The van der Waals surface area contributed by atoms with Crippen LogP contribution in [0.1, 0.15) is 6.42 Å². The van der Waals surface area contributed by atoms with Gasteiger partial charge >= 0.3 is 0 Å². The molecule has 6 heteroatoms. The summed E-state index contributed by atoms with van der Waals surface area (Å²) in [6.45, 7) is 2.59. The largest absolute Gasteiger partial charge is 0.394 e. The van der Waals surface area contributed by atoms with Gasteiger partial charge in [0.2, 0.25) is 0 Å². The second-order valence-corrected chi connectivity index (χ2v) is 3.31. The van der Waals surface area contributed by atoms with Crippen molar-refractivity contribution in [3.05, 3.63) is 12.7 Å². The average molecular weight is 222 g/mol. The molecule has 0 aliphatic rings. The van der Waals surface area contributed by atoms with E-state index in [1.54, 1.807) is 0 Å². The van der Waals surface area contributed by atoms with Gasteiger partial charge in [-0.3, -0.25) is 0 Å². The molecule has 0 fully saturated rings. The Hall–Kier alpha value is -0.500. The molecule has 0 amide bonds. The predicted octanol–water partition coefficient (Wildman–Crippen LogP) is -2.64. The Morgan fingerprint density at radius 3 is 1.73 bits per heavy atom. The smallest absolute Gasteiger partial charge is 0.111 e. The number of aliphatic hydroxyl groups excluding tert-OH is 6. The molecule has 6 nitrogen and oxygen atoms in total. The molecule has 0 radical (unpaired) electrons. The van der Waals surface area contributed by atoms with Crippen LogP contribution in [0.25, 0.3) is 0 Å². The van der Waals surface area contributed by atoms with Crippen molar-refractivity contribution in [2.75, 3.05) is 6.61 Å². The molecule has 0 spiro atoms. The fourth-order valence-electron chi connectivity index (χ4n) is 1.08. The van der Waals surface area contributed by atoms with E-state index >= 15 is 0 Å². The molecular formula is C9H18O6. The van der Waals surface area contributed by atoms with Gasteiger partial charge < -0.3 is 30.6 Å². The first kappa shape index (κ1) is 14.5. The molecule has 90 valence electrons. The lowest BCUT2D eigenvalue weighted by Crippen LogP contribution is -2.49. The highest BCUT2D eigenvalue weighted by atomic mass is 16.4. The summed E-state index contributed by atoms with van der Waals surface area (Å²) in [5.41, 5.74) is 0. The van der Waals surface area contributed by atoms with Gasteiger partial charge in [0.15, 0.2) is 0 Å². The lowest BCUT2D eigenvalue weighted by Gasteiger charge is -2.28. The molecule has 0 bridgehead atoms. The van der Waals surface area contributed by atoms with E-state index in [-0.39, 0.29) is 6.42 Å². The summed E-state index contributed by atoms with van der Waals surface area (Å²) >= 11 is 0. The van der Waals surface area contributed by atoms with E-state index in [2.05, 4.69) is 6.58 Å². The van der Waals surface area contributed by atoms with E-state index in [1.807, 2.05) is 0 Å². The third-order valence-corrected chi connectivity index (χ3v) is 2.08. The Balaban J connectivity index is 4.28. The van der Waals surface area contributed by atoms with Crippen LogP contribution in [0.5, 0.6) is 0 Å². The van der Waals surface area contributed by atoms with Crippen LogP contribution in [0.4, 0.5) is 0 Å². The van der Waals surface area contributed by atoms with Gasteiger partial charge in [-0.25, -0.2) is 0 Å². The Labute approximate surface area is 87.7 Å².